The second kappa shape index (κ2) is 5.90. The topological polar surface area (TPSA) is 66.8 Å². The van der Waals surface area contributed by atoms with E-state index in [2.05, 4.69) is 0 Å². The minimum atomic E-state index is -1.01. The minimum Gasteiger partial charge on any atom is -0.479 e. The lowest BCUT2D eigenvalue weighted by Crippen LogP contribution is -2.36. The molecular formula is C12H14ClNO4S. The molecule has 1 aromatic heterocycles. The standard InChI is InChI=1S/C12H14ClNO4S/c1-14(6-7-2-5-10(13)19-7)11(15)8-3-4-9(18-8)12(16)17/h2,5,8-9H,3-4,6H2,1H3,(H,16,17)/t8-,9+/m0/s1. The maximum absolute atomic E-state index is 12.1. The van der Waals surface area contributed by atoms with E-state index in [-0.39, 0.29) is 5.91 Å². The lowest BCUT2D eigenvalue weighted by Gasteiger charge is -2.20. The van der Waals surface area contributed by atoms with Gasteiger partial charge in [-0.05, 0) is 25.0 Å². The van der Waals surface area contributed by atoms with Crippen molar-refractivity contribution in [1.82, 2.24) is 4.90 Å². The van der Waals surface area contributed by atoms with E-state index in [4.69, 9.17) is 21.4 Å². The molecule has 2 atom stereocenters. The number of aliphatic carboxylic acids is 1. The maximum Gasteiger partial charge on any atom is 0.332 e. The van der Waals surface area contributed by atoms with E-state index in [0.717, 1.165) is 4.88 Å². The van der Waals surface area contributed by atoms with Gasteiger partial charge in [-0.3, -0.25) is 4.79 Å². The van der Waals surface area contributed by atoms with Crippen molar-refractivity contribution in [1.29, 1.82) is 0 Å². The Balaban J connectivity index is 1.91. The highest BCUT2D eigenvalue weighted by Crippen LogP contribution is 2.25. The number of hydrogen-bond acceptors (Lipinski definition) is 4. The predicted molar refractivity (Wildman–Crippen MR) is 71.3 cm³/mol. The number of carboxylic acids is 1. The van der Waals surface area contributed by atoms with E-state index in [0.29, 0.717) is 23.7 Å². The molecule has 7 heteroatoms. The first kappa shape index (κ1) is 14.3. The molecule has 0 radical (unpaired) electrons. The van der Waals surface area contributed by atoms with Crippen LogP contribution in [0.4, 0.5) is 0 Å². The van der Waals surface area contributed by atoms with Crippen molar-refractivity contribution >= 4 is 34.8 Å². The molecule has 1 fully saturated rings. The number of likely N-dealkylation sites (N-methyl/N-ethyl adjacent to an activating group) is 1. The van der Waals surface area contributed by atoms with Crippen LogP contribution in [0.25, 0.3) is 0 Å². The summed E-state index contributed by atoms with van der Waals surface area (Å²) in [4.78, 5) is 25.4. The van der Waals surface area contributed by atoms with Gasteiger partial charge >= 0.3 is 5.97 Å². The van der Waals surface area contributed by atoms with Gasteiger partial charge in [-0.2, -0.15) is 0 Å². The second-order valence-electron chi connectivity index (χ2n) is 4.43. The highest BCUT2D eigenvalue weighted by Gasteiger charge is 2.36. The van der Waals surface area contributed by atoms with Crippen molar-refractivity contribution in [2.45, 2.75) is 31.6 Å². The fraction of sp³-hybridized carbons (Fsp3) is 0.500. The molecule has 0 saturated carbocycles. The van der Waals surface area contributed by atoms with Crippen LogP contribution in [-0.2, 0) is 20.9 Å². The molecule has 2 rings (SSSR count). The number of rotatable bonds is 4. The third-order valence-electron chi connectivity index (χ3n) is 2.97. The fourth-order valence-corrected chi connectivity index (χ4v) is 3.14. The lowest BCUT2D eigenvalue weighted by molar-refractivity contribution is -0.154. The number of carbonyl (C=O) groups is 2. The molecule has 0 aliphatic carbocycles. The minimum absolute atomic E-state index is 0.187. The Bertz CT molecular complexity index is 490. The second-order valence-corrected chi connectivity index (χ2v) is 6.23. The Morgan fingerprint density at radius 1 is 1.47 bits per heavy atom. The molecule has 0 spiro atoms. The number of hydrogen-bond donors (Lipinski definition) is 1. The van der Waals surface area contributed by atoms with Gasteiger partial charge in [0.25, 0.3) is 5.91 Å². The van der Waals surface area contributed by atoms with Crippen LogP contribution >= 0.6 is 22.9 Å². The number of halogens is 1. The number of nitrogens with zero attached hydrogens (tertiary/aromatic N) is 1. The fourth-order valence-electron chi connectivity index (χ4n) is 1.99. The van der Waals surface area contributed by atoms with E-state index < -0.39 is 18.2 Å². The van der Waals surface area contributed by atoms with Crippen LogP contribution in [0.15, 0.2) is 12.1 Å². The van der Waals surface area contributed by atoms with Gasteiger partial charge in [-0.15, -0.1) is 11.3 Å². The molecule has 1 saturated heterocycles. The third kappa shape index (κ3) is 3.46. The SMILES string of the molecule is CN(Cc1ccc(Cl)s1)C(=O)[C@@H]1CC[C@H](C(=O)O)O1. The molecule has 1 aliphatic heterocycles. The number of amides is 1. The summed E-state index contributed by atoms with van der Waals surface area (Å²) in [5, 5.41) is 8.83. The molecule has 19 heavy (non-hydrogen) atoms. The first-order valence-corrected chi connectivity index (χ1v) is 7.04. The quantitative estimate of drug-likeness (QED) is 0.924. The van der Waals surface area contributed by atoms with Crippen LogP contribution in [-0.4, -0.2) is 41.1 Å². The average Bonchev–Trinajstić information content (AvgIpc) is 2.97. The molecule has 1 amide bonds. The van der Waals surface area contributed by atoms with Crippen LogP contribution in [0.1, 0.15) is 17.7 Å². The summed E-state index contributed by atoms with van der Waals surface area (Å²) in [6.45, 7) is 0.452. The van der Waals surface area contributed by atoms with Crippen LogP contribution in [0.2, 0.25) is 4.34 Å². The van der Waals surface area contributed by atoms with Gasteiger partial charge in [0.1, 0.15) is 6.10 Å². The van der Waals surface area contributed by atoms with Crippen LogP contribution in [0, 0.1) is 0 Å². The maximum atomic E-state index is 12.1. The largest absolute Gasteiger partial charge is 0.479 e. The molecule has 1 aliphatic rings. The van der Waals surface area contributed by atoms with Crippen molar-refractivity contribution in [3.8, 4) is 0 Å². The van der Waals surface area contributed by atoms with Gasteiger partial charge in [0.15, 0.2) is 6.10 Å². The average molecular weight is 304 g/mol. The van der Waals surface area contributed by atoms with Crippen molar-refractivity contribution in [2.24, 2.45) is 0 Å². The molecule has 104 valence electrons. The van der Waals surface area contributed by atoms with Crippen molar-refractivity contribution in [3.63, 3.8) is 0 Å². The van der Waals surface area contributed by atoms with E-state index >= 15 is 0 Å². The van der Waals surface area contributed by atoms with E-state index in [1.165, 1.54) is 16.2 Å². The number of ether oxygens (including phenoxy) is 1. The van der Waals surface area contributed by atoms with E-state index in [1.54, 1.807) is 13.1 Å². The number of carboxylic acid groups (broad SMARTS) is 1. The summed E-state index contributed by atoms with van der Waals surface area (Å²) in [5.74, 6) is -1.20. The van der Waals surface area contributed by atoms with E-state index in [1.807, 2.05) is 6.07 Å². The Morgan fingerprint density at radius 2 is 2.16 bits per heavy atom. The first-order chi connectivity index (χ1) is 8.97. The summed E-state index contributed by atoms with van der Waals surface area (Å²) in [6.07, 6.45) is -0.685. The smallest absolute Gasteiger partial charge is 0.332 e. The monoisotopic (exact) mass is 303 g/mol. The Morgan fingerprint density at radius 3 is 2.68 bits per heavy atom. The summed E-state index contributed by atoms with van der Waals surface area (Å²) in [7, 11) is 1.67. The van der Waals surface area contributed by atoms with Gasteiger partial charge in [0.05, 0.1) is 10.9 Å². The van der Waals surface area contributed by atoms with Crippen LogP contribution in [0.3, 0.4) is 0 Å². The highest BCUT2D eigenvalue weighted by molar-refractivity contribution is 7.16. The zero-order valence-electron chi connectivity index (χ0n) is 10.3. The van der Waals surface area contributed by atoms with Crippen LogP contribution < -0.4 is 0 Å². The zero-order valence-corrected chi connectivity index (χ0v) is 11.9. The highest BCUT2D eigenvalue weighted by atomic mass is 35.5. The lowest BCUT2D eigenvalue weighted by atomic mass is 10.2. The Hall–Kier alpha value is -1.11. The third-order valence-corrected chi connectivity index (χ3v) is 4.18. The van der Waals surface area contributed by atoms with Crippen molar-refractivity contribution in [3.05, 3.63) is 21.3 Å². The Kier molecular flexibility index (Phi) is 4.44. The normalized spacial score (nSPS) is 22.4. The molecule has 0 bridgehead atoms. The van der Waals surface area contributed by atoms with Crippen molar-refractivity contribution < 1.29 is 19.4 Å². The van der Waals surface area contributed by atoms with Gasteiger partial charge in [-0.25, -0.2) is 4.79 Å². The first-order valence-electron chi connectivity index (χ1n) is 5.85. The van der Waals surface area contributed by atoms with Crippen LogP contribution in [0.5, 0.6) is 0 Å². The Labute approximate surface area is 119 Å². The molecule has 1 aromatic rings. The summed E-state index contributed by atoms with van der Waals surface area (Å²) >= 11 is 7.25. The van der Waals surface area contributed by atoms with Crippen molar-refractivity contribution in [2.75, 3.05) is 7.05 Å². The van der Waals surface area contributed by atoms with Gasteiger partial charge in [-0.1, -0.05) is 11.6 Å². The summed E-state index contributed by atoms with van der Waals surface area (Å²) < 4.78 is 5.91. The van der Waals surface area contributed by atoms with E-state index in [9.17, 15) is 9.59 Å². The molecule has 1 N–H and O–H groups in total. The zero-order chi connectivity index (χ0) is 14.0. The van der Waals surface area contributed by atoms with Gasteiger partial charge in [0.2, 0.25) is 0 Å². The molecule has 2 heterocycles. The predicted octanol–water partition coefficient (Wildman–Crippen LogP) is 1.99. The molecule has 0 aromatic carbocycles. The summed E-state index contributed by atoms with van der Waals surface area (Å²) in [6, 6.07) is 3.65. The molecule has 0 unspecified atom stereocenters. The van der Waals surface area contributed by atoms with Gasteiger partial charge in [0, 0.05) is 11.9 Å². The number of thiophene rings is 1. The summed E-state index contributed by atoms with van der Waals surface area (Å²) in [5.41, 5.74) is 0. The molecular weight excluding hydrogens is 290 g/mol. The number of carbonyl (C=O) groups excluding carboxylic acids is 1. The molecule has 5 nitrogen and oxygen atoms in total. The van der Waals surface area contributed by atoms with Gasteiger partial charge < -0.3 is 14.7 Å².